The summed E-state index contributed by atoms with van der Waals surface area (Å²) in [6, 6.07) is 4.02. The van der Waals surface area contributed by atoms with Crippen LogP contribution >= 0.6 is 0 Å². The number of amides is 1. The molecule has 2 N–H and O–H groups in total. The van der Waals surface area contributed by atoms with E-state index in [1.54, 1.807) is 27.7 Å². The van der Waals surface area contributed by atoms with E-state index in [0.717, 1.165) is 24.3 Å². The lowest BCUT2D eigenvalue weighted by Crippen LogP contribution is -2.47. The van der Waals surface area contributed by atoms with Crippen molar-refractivity contribution in [2.24, 2.45) is 0 Å². The SMILES string of the molecule is CC(C)(O)CC(C)(C)NC(=O)c1ccc(C(F)(F)F)cc1. The molecule has 0 heterocycles. The molecule has 0 atom stereocenters. The third kappa shape index (κ3) is 5.75. The molecule has 1 amide bonds. The van der Waals surface area contributed by atoms with Crippen molar-refractivity contribution in [3.63, 3.8) is 0 Å². The number of halogens is 3. The van der Waals surface area contributed by atoms with E-state index in [4.69, 9.17) is 0 Å². The number of benzene rings is 1. The van der Waals surface area contributed by atoms with Crippen molar-refractivity contribution in [3.8, 4) is 0 Å². The number of nitrogens with one attached hydrogen (secondary N) is 1. The van der Waals surface area contributed by atoms with Crippen LogP contribution in [0.15, 0.2) is 24.3 Å². The maximum Gasteiger partial charge on any atom is 0.416 e. The molecule has 1 rings (SSSR count). The summed E-state index contributed by atoms with van der Waals surface area (Å²) >= 11 is 0. The summed E-state index contributed by atoms with van der Waals surface area (Å²) in [6.07, 6.45) is -4.11. The van der Waals surface area contributed by atoms with Crippen molar-refractivity contribution in [2.75, 3.05) is 0 Å². The van der Waals surface area contributed by atoms with E-state index < -0.39 is 28.8 Å². The molecule has 0 spiro atoms. The normalized spacial score (nSPS) is 13.1. The van der Waals surface area contributed by atoms with Crippen LogP contribution in [0.4, 0.5) is 13.2 Å². The zero-order chi connectivity index (χ0) is 16.5. The smallest absolute Gasteiger partial charge is 0.390 e. The molecule has 0 bridgehead atoms. The van der Waals surface area contributed by atoms with E-state index in [9.17, 15) is 23.1 Å². The Morgan fingerprint density at radius 2 is 1.57 bits per heavy atom. The van der Waals surface area contributed by atoms with Gasteiger partial charge in [0.1, 0.15) is 0 Å². The van der Waals surface area contributed by atoms with Crippen LogP contribution in [0.3, 0.4) is 0 Å². The molecule has 0 radical (unpaired) electrons. The van der Waals surface area contributed by atoms with Gasteiger partial charge in [-0.15, -0.1) is 0 Å². The van der Waals surface area contributed by atoms with Gasteiger partial charge in [-0.1, -0.05) is 0 Å². The number of rotatable bonds is 4. The molecule has 0 aromatic heterocycles. The van der Waals surface area contributed by atoms with Gasteiger partial charge >= 0.3 is 6.18 Å². The van der Waals surface area contributed by atoms with Crippen LogP contribution in [0, 0.1) is 0 Å². The Kier molecular flexibility index (Phi) is 4.73. The van der Waals surface area contributed by atoms with Crippen LogP contribution in [-0.4, -0.2) is 22.2 Å². The van der Waals surface area contributed by atoms with Gasteiger partial charge in [0.2, 0.25) is 0 Å². The highest BCUT2D eigenvalue weighted by Gasteiger charge is 2.31. The zero-order valence-corrected chi connectivity index (χ0v) is 12.5. The molecule has 0 aliphatic heterocycles. The topological polar surface area (TPSA) is 49.3 Å². The van der Waals surface area contributed by atoms with Crippen LogP contribution in [-0.2, 0) is 6.18 Å². The second kappa shape index (κ2) is 5.67. The average molecular weight is 303 g/mol. The molecule has 6 heteroatoms. The zero-order valence-electron chi connectivity index (χ0n) is 12.5. The standard InChI is InChI=1S/C15H20F3NO2/c1-13(2,9-14(3,4)21)19-12(20)10-5-7-11(8-6-10)15(16,17)18/h5-8,21H,9H2,1-4H3,(H,19,20). The van der Waals surface area contributed by atoms with Gasteiger partial charge in [0.25, 0.3) is 5.91 Å². The monoisotopic (exact) mass is 303 g/mol. The number of carbonyl (C=O) groups excluding carboxylic acids is 1. The lowest BCUT2D eigenvalue weighted by Gasteiger charge is -2.32. The van der Waals surface area contributed by atoms with Crippen LogP contribution < -0.4 is 5.32 Å². The van der Waals surface area contributed by atoms with Crippen molar-refractivity contribution in [1.29, 1.82) is 0 Å². The minimum Gasteiger partial charge on any atom is -0.390 e. The van der Waals surface area contributed by atoms with Crippen LogP contribution in [0.25, 0.3) is 0 Å². The number of alkyl halides is 3. The highest BCUT2D eigenvalue weighted by molar-refractivity contribution is 5.94. The predicted molar refractivity (Wildman–Crippen MR) is 73.9 cm³/mol. The van der Waals surface area contributed by atoms with Gasteiger partial charge in [0, 0.05) is 11.1 Å². The van der Waals surface area contributed by atoms with Crippen molar-refractivity contribution in [1.82, 2.24) is 5.32 Å². The van der Waals surface area contributed by atoms with Crippen molar-refractivity contribution >= 4 is 5.91 Å². The maximum absolute atomic E-state index is 12.4. The van der Waals surface area contributed by atoms with Gasteiger partial charge < -0.3 is 10.4 Å². The number of hydrogen-bond acceptors (Lipinski definition) is 2. The maximum atomic E-state index is 12.4. The van der Waals surface area contributed by atoms with E-state index in [-0.39, 0.29) is 5.56 Å². The van der Waals surface area contributed by atoms with Crippen molar-refractivity contribution in [2.45, 2.75) is 51.4 Å². The fourth-order valence-electron chi connectivity index (χ4n) is 2.32. The molecule has 0 saturated heterocycles. The fraction of sp³-hybridized carbons (Fsp3) is 0.533. The van der Waals surface area contributed by atoms with E-state index in [2.05, 4.69) is 5.32 Å². The molecular weight excluding hydrogens is 283 g/mol. The lowest BCUT2D eigenvalue weighted by molar-refractivity contribution is -0.137. The quantitative estimate of drug-likeness (QED) is 0.896. The number of carbonyl (C=O) groups is 1. The summed E-state index contributed by atoms with van der Waals surface area (Å²) in [6.45, 7) is 6.73. The highest BCUT2D eigenvalue weighted by Crippen LogP contribution is 2.29. The van der Waals surface area contributed by atoms with Gasteiger partial charge in [0.05, 0.1) is 11.2 Å². The molecule has 1 aromatic rings. The third-order valence-electron chi connectivity index (χ3n) is 2.80. The van der Waals surface area contributed by atoms with Gasteiger partial charge in [-0.05, 0) is 58.4 Å². The van der Waals surface area contributed by atoms with Crippen LogP contribution in [0.5, 0.6) is 0 Å². The first-order chi connectivity index (χ1) is 9.30. The summed E-state index contributed by atoms with van der Waals surface area (Å²) in [7, 11) is 0. The predicted octanol–water partition coefficient (Wildman–Crippen LogP) is 3.37. The Labute approximate surface area is 122 Å². The molecule has 21 heavy (non-hydrogen) atoms. The molecule has 0 unspecified atom stereocenters. The van der Waals surface area contributed by atoms with Gasteiger partial charge in [0.15, 0.2) is 0 Å². The second-order valence-corrected chi connectivity index (χ2v) is 6.40. The highest BCUT2D eigenvalue weighted by atomic mass is 19.4. The summed E-state index contributed by atoms with van der Waals surface area (Å²) in [5, 5.41) is 12.5. The molecule has 118 valence electrons. The van der Waals surface area contributed by atoms with E-state index in [1.165, 1.54) is 0 Å². The first-order valence-corrected chi connectivity index (χ1v) is 6.52. The van der Waals surface area contributed by atoms with Crippen LogP contribution in [0.1, 0.15) is 50.0 Å². The Balaban J connectivity index is 2.81. The number of aliphatic hydroxyl groups is 1. The molecule has 0 saturated carbocycles. The second-order valence-electron chi connectivity index (χ2n) is 6.40. The van der Waals surface area contributed by atoms with E-state index >= 15 is 0 Å². The molecule has 3 nitrogen and oxygen atoms in total. The Morgan fingerprint density at radius 1 is 1.10 bits per heavy atom. The Bertz CT molecular complexity index is 499. The molecule has 0 aliphatic rings. The minimum atomic E-state index is -4.42. The summed E-state index contributed by atoms with van der Waals surface area (Å²) in [4.78, 5) is 12.0. The first-order valence-electron chi connectivity index (χ1n) is 6.52. The minimum absolute atomic E-state index is 0.145. The third-order valence-corrected chi connectivity index (χ3v) is 2.80. The van der Waals surface area contributed by atoms with Gasteiger partial charge in [-0.25, -0.2) is 0 Å². The molecule has 0 fully saturated rings. The summed E-state index contributed by atoms with van der Waals surface area (Å²) in [5.41, 5.74) is -2.30. The fourth-order valence-corrected chi connectivity index (χ4v) is 2.32. The first kappa shape index (κ1) is 17.5. The van der Waals surface area contributed by atoms with Crippen molar-refractivity contribution in [3.05, 3.63) is 35.4 Å². The molecule has 1 aromatic carbocycles. The molecular formula is C15H20F3NO2. The largest absolute Gasteiger partial charge is 0.416 e. The lowest BCUT2D eigenvalue weighted by atomic mass is 9.89. The van der Waals surface area contributed by atoms with Gasteiger partial charge in [-0.2, -0.15) is 13.2 Å². The number of hydrogen-bond donors (Lipinski definition) is 2. The summed E-state index contributed by atoms with van der Waals surface area (Å²) in [5.74, 6) is -0.474. The summed E-state index contributed by atoms with van der Waals surface area (Å²) < 4.78 is 37.3. The Hall–Kier alpha value is -1.56. The van der Waals surface area contributed by atoms with E-state index in [1.807, 2.05) is 0 Å². The Morgan fingerprint density at radius 3 is 1.95 bits per heavy atom. The van der Waals surface area contributed by atoms with Crippen LogP contribution in [0.2, 0.25) is 0 Å². The van der Waals surface area contributed by atoms with Crippen molar-refractivity contribution < 1.29 is 23.1 Å². The molecule has 0 aliphatic carbocycles. The van der Waals surface area contributed by atoms with E-state index in [0.29, 0.717) is 6.42 Å². The van der Waals surface area contributed by atoms with Gasteiger partial charge in [-0.3, -0.25) is 4.79 Å². The average Bonchev–Trinajstić information content (AvgIpc) is 2.23.